The second-order valence-electron chi connectivity index (χ2n) is 5.86. The minimum absolute atomic E-state index is 0.282. The van der Waals surface area contributed by atoms with Crippen LogP contribution in [0.2, 0.25) is 0 Å². The van der Waals surface area contributed by atoms with Crippen LogP contribution in [-0.4, -0.2) is 32.8 Å². The summed E-state index contributed by atoms with van der Waals surface area (Å²) in [6.07, 6.45) is 3.61. The van der Waals surface area contributed by atoms with Crippen LogP contribution in [0.4, 0.5) is 11.8 Å². The van der Waals surface area contributed by atoms with E-state index >= 15 is 0 Å². The summed E-state index contributed by atoms with van der Waals surface area (Å²) >= 11 is 0. The van der Waals surface area contributed by atoms with Crippen LogP contribution in [0.5, 0.6) is 0 Å². The molecular weight excluding hydrogens is 300 g/mol. The number of hydrogen-bond acceptors (Lipinski definition) is 5. The van der Waals surface area contributed by atoms with Crippen LogP contribution < -0.4 is 10.6 Å². The smallest absolute Gasteiger partial charge is 0.223 e. The van der Waals surface area contributed by atoms with Crippen molar-refractivity contribution in [2.24, 2.45) is 0 Å². The van der Waals surface area contributed by atoms with Gasteiger partial charge in [-0.3, -0.25) is 0 Å². The first kappa shape index (κ1) is 16.0. The Morgan fingerprint density at radius 3 is 2.62 bits per heavy atom. The fourth-order valence-corrected chi connectivity index (χ4v) is 2.55. The van der Waals surface area contributed by atoms with Crippen molar-refractivity contribution in [3.63, 3.8) is 0 Å². The van der Waals surface area contributed by atoms with Gasteiger partial charge in [0, 0.05) is 19.3 Å². The summed E-state index contributed by atoms with van der Waals surface area (Å²) in [5.74, 6) is 1.56. The molecule has 0 saturated heterocycles. The third-order valence-electron chi connectivity index (χ3n) is 3.60. The van der Waals surface area contributed by atoms with Gasteiger partial charge in [-0.2, -0.15) is 5.10 Å². The Kier molecular flexibility index (Phi) is 4.74. The summed E-state index contributed by atoms with van der Waals surface area (Å²) in [4.78, 5) is 8.86. The van der Waals surface area contributed by atoms with Crippen LogP contribution in [0, 0.1) is 0 Å². The van der Waals surface area contributed by atoms with E-state index in [4.69, 9.17) is 0 Å². The fraction of sp³-hybridized carbons (Fsp3) is 0.278. The molecule has 1 aromatic carbocycles. The first-order valence-electron chi connectivity index (χ1n) is 8.05. The molecule has 0 saturated carbocycles. The maximum atomic E-state index is 4.60. The quantitative estimate of drug-likeness (QED) is 0.729. The summed E-state index contributed by atoms with van der Waals surface area (Å²) in [7, 11) is 1.90. The third-order valence-corrected chi connectivity index (χ3v) is 3.60. The van der Waals surface area contributed by atoms with Gasteiger partial charge in [0.05, 0.1) is 24.0 Å². The molecule has 2 heterocycles. The standard InChI is InChI=1S/C18H22N6/c1-13(2)22-18-20-10-9-16(23-18)15-11-21-24(17(15)19-3)12-14-7-5-4-6-8-14/h4-11,13,19H,12H2,1-3H3,(H,20,22,23). The van der Waals surface area contributed by atoms with E-state index in [1.807, 2.05) is 42.2 Å². The van der Waals surface area contributed by atoms with E-state index in [2.05, 4.69) is 51.7 Å². The molecule has 0 aliphatic rings. The molecule has 3 aromatic rings. The van der Waals surface area contributed by atoms with Crippen LogP contribution in [-0.2, 0) is 6.54 Å². The van der Waals surface area contributed by atoms with Gasteiger partial charge in [-0.05, 0) is 25.5 Å². The lowest BCUT2D eigenvalue weighted by molar-refractivity contribution is 0.694. The number of nitrogens with one attached hydrogen (secondary N) is 2. The van der Waals surface area contributed by atoms with Gasteiger partial charge in [-0.25, -0.2) is 14.6 Å². The van der Waals surface area contributed by atoms with Crippen LogP contribution in [0.15, 0.2) is 48.8 Å². The molecule has 0 aliphatic carbocycles. The molecule has 0 radical (unpaired) electrons. The number of nitrogens with zero attached hydrogens (tertiary/aromatic N) is 4. The molecule has 6 nitrogen and oxygen atoms in total. The van der Waals surface area contributed by atoms with Gasteiger partial charge in [-0.15, -0.1) is 0 Å². The van der Waals surface area contributed by atoms with Crippen molar-refractivity contribution in [3.8, 4) is 11.3 Å². The molecule has 0 bridgehead atoms. The Balaban J connectivity index is 1.92. The van der Waals surface area contributed by atoms with E-state index in [9.17, 15) is 0 Å². The molecular formula is C18H22N6. The first-order chi connectivity index (χ1) is 11.7. The number of benzene rings is 1. The van der Waals surface area contributed by atoms with E-state index in [0.717, 1.165) is 17.1 Å². The van der Waals surface area contributed by atoms with E-state index < -0.39 is 0 Å². The highest BCUT2D eigenvalue weighted by molar-refractivity contribution is 5.72. The minimum Gasteiger partial charge on any atom is -0.373 e. The van der Waals surface area contributed by atoms with Crippen molar-refractivity contribution >= 4 is 11.8 Å². The Hall–Kier alpha value is -2.89. The Morgan fingerprint density at radius 1 is 1.12 bits per heavy atom. The van der Waals surface area contributed by atoms with Gasteiger partial charge in [-0.1, -0.05) is 30.3 Å². The molecule has 0 unspecified atom stereocenters. The van der Waals surface area contributed by atoms with E-state index in [1.54, 1.807) is 6.20 Å². The normalized spacial score (nSPS) is 10.8. The third kappa shape index (κ3) is 3.53. The van der Waals surface area contributed by atoms with Crippen molar-refractivity contribution in [1.82, 2.24) is 19.7 Å². The molecule has 2 aromatic heterocycles. The first-order valence-corrected chi connectivity index (χ1v) is 8.05. The van der Waals surface area contributed by atoms with Crippen LogP contribution in [0.25, 0.3) is 11.3 Å². The lowest BCUT2D eigenvalue weighted by atomic mass is 10.2. The Bertz CT molecular complexity index is 794. The SMILES string of the molecule is CNc1c(-c2ccnc(NC(C)C)n2)cnn1Cc1ccccc1. The lowest BCUT2D eigenvalue weighted by Crippen LogP contribution is -2.12. The second kappa shape index (κ2) is 7.12. The summed E-state index contributed by atoms with van der Waals surface area (Å²) in [5, 5.41) is 11.0. The summed E-state index contributed by atoms with van der Waals surface area (Å²) in [6.45, 7) is 4.83. The summed E-state index contributed by atoms with van der Waals surface area (Å²) in [6, 6.07) is 12.5. The molecule has 0 amide bonds. The monoisotopic (exact) mass is 322 g/mol. The van der Waals surface area contributed by atoms with Crippen LogP contribution in [0.3, 0.4) is 0 Å². The van der Waals surface area contributed by atoms with Gasteiger partial charge in [0.15, 0.2) is 0 Å². The zero-order valence-electron chi connectivity index (χ0n) is 14.2. The molecule has 2 N–H and O–H groups in total. The number of hydrogen-bond donors (Lipinski definition) is 2. The zero-order chi connectivity index (χ0) is 16.9. The van der Waals surface area contributed by atoms with Crippen LogP contribution in [0.1, 0.15) is 19.4 Å². The maximum Gasteiger partial charge on any atom is 0.223 e. The van der Waals surface area contributed by atoms with Gasteiger partial charge in [0.2, 0.25) is 5.95 Å². The highest BCUT2D eigenvalue weighted by Crippen LogP contribution is 2.27. The molecule has 0 aliphatic heterocycles. The predicted molar refractivity (Wildman–Crippen MR) is 97.1 cm³/mol. The zero-order valence-corrected chi connectivity index (χ0v) is 14.2. The molecule has 3 rings (SSSR count). The highest BCUT2D eigenvalue weighted by atomic mass is 15.3. The van der Waals surface area contributed by atoms with Crippen LogP contribution >= 0.6 is 0 Å². The van der Waals surface area contributed by atoms with E-state index in [0.29, 0.717) is 12.5 Å². The van der Waals surface area contributed by atoms with Crippen molar-refractivity contribution in [2.45, 2.75) is 26.4 Å². The Labute approximate surface area is 142 Å². The van der Waals surface area contributed by atoms with Gasteiger partial charge in [0.25, 0.3) is 0 Å². The molecule has 0 spiro atoms. The summed E-state index contributed by atoms with van der Waals surface area (Å²) in [5.41, 5.74) is 3.01. The largest absolute Gasteiger partial charge is 0.373 e. The molecule has 124 valence electrons. The van der Waals surface area contributed by atoms with Crippen molar-refractivity contribution in [2.75, 3.05) is 17.7 Å². The Morgan fingerprint density at radius 2 is 1.92 bits per heavy atom. The predicted octanol–water partition coefficient (Wildman–Crippen LogP) is 3.25. The topological polar surface area (TPSA) is 67.7 Å². The van der Waals surface area contributed by atoms with Crippen molar-refractivity contribution < 1.29 is 0 Å². The molecule has 6 heteroatoms. The van der Waals surface area contributed by atoms with Gasteiger partial charge < -0.3 is 10.6 Å². The highest BCUT2D eigenvalue weighted by Gasteiger charge is 2.14. The molecule has 24 heavy (non-hydrogen) atoms. The lowest BCUT2D eigenvalue weighted by Gasteiger charge is -2.11. The maximum absolute atomic E-state index is 4.60. The number of anilines is 2. The second-order valence-corrected chi connectivity index (χ2v) is 5.86. The molecule has 0 fully saturated rings. The summed E-state index contributed by atoms with van der Waals surface area (Å²) < 4.78 is 1.95. The fourth-order valence-electron chi connectivity index (χ4n) is 2.55. The van der Waals surface area contributed by atoms with E-state index in [1.165, 1.54) is 5.56 Å². The van der Waals surface area contributed by atoms with Crippen molar-refractivity contribution in [1.29, 1.82) is 0 Å². The van der Waals surface area contributed by atoms with Crippen molar-refractivity contribution in [3.05, 3.63) is 54.4 Å². The van der Waals surface area contributed by atoms with Gasteiger partial charge >= 0.3 is 0 Å². The number of aromatic nitrogens is 4. The average molecular weight is 322 g/mol. The molecule has 0 atom stereocenters. The van der Waals surface area contributed by atoms with E-state index in [-0.39, 0.29) is 6.04 Å². The minimum atomic E-state index is 0.282. The average Bonchev–Trinajstić information content (AvgIpc) is 2.98. The van der Waals surface area contributed by atoms with Gasteiger partial charge in [0.1, 0.15) is 5.82 Å². The number of rotatable bonds is 6.